The van der Waals surface area contributed by atoms with Crippen LogP contribution >= 0.6 is 0 Å². The molecule has 0 saturated carbocycles. The SMILES string of the molecule is CCC(C)[Si](C)(C)O[Si](C)(C)O[Si](C)(C)C(C)CC. The van der Waals surface area contributed by atoms with Gasteiger partial charge < -0.3 is 8.23 Å². The van der Waals surface area contributed by atoms with Gasteiger partial charge in [-0.1, -0.05) is 40.5 Å². The van der Waals surface area contributed by atoms with Gasteiger partial charge in [0.15, 0.2) is 16.6 Å². The van der Waals surface area contributed by atoms with Crippen LogP contribution in [0.2, 0.25) is 50.4 Å². The summed E-state index contributed by atoms with van der Waals surface area (Å²) in [5, 5.41) is 0. The number of rotatable bonds is 8. The van der Waals surface area contributed by atoms with Crippen molar-refractivity contribution in [3.63, 3.8) is 0 Å². The fourth-order valence-corrected chi connectivity index (χ4v) is 16.7. The summed E-state index contributed by atoms with van der Waals surface area (Å²) in [6, 6.07) is 0. The van der Waals surface area contributed by atoms with Crippen LogP contribution in [-0.4, -0.2) is 25.2 Å². The van der Waals surface area contributed by atoms with E-state index in [0.717, 1.165) is 0 Å². The summed E-state index contributed by atoms with van der Waals surface area (Å²) in [6.07, 6.45) is 2.41. The Bertz CT molecular complexity index is 252. The summed E-state index contributed by atoms with van der Waals surface area (Å²) in [5.74, 6) is 0. The van der Waals surface area contributed by atoms with E-state index in [2.05, 4.69) is 67.0 Å². The average molecular weight is 321 g/mol. The van der Waals surface area contributed by atoms with Crippen molar-refractivity contribution in [2.75, 3.05) is 0 Å². The van der Waals surface area contributed by atoms with E-state index in [9.17, 15) is 0 Å². The van der Waals surface area contributed by atoms with Crippen LogP contribution < -0.4 is 0 Å². The van der Waals surface area contributed by atoms with Crippen LogP contribution in [0.15, 0.2) is 0 Å². The zero-order valence-electron chi connectivity index (χ0n) is 14.9. The van der Waals surface area contributed by atoms with Gasteiger partial charge in [0.25, 0.3) is 0 Å². The minimum Gasteiger partial charge on any atom is -0.436 e. The van der Waals surface area contributed by atoms with Crippen LogP contribution in [0.25, 0.3) is 0 Å². The van der Waals surface area contributed by atoms with Crippen molar-refractivity contribution < 1.29 is 8.23 Å². The van der Waals surface area contributed by atoms with Crippen molar-refractivity contribution in [3.05, 3.63) is 0 Å². The Hall–Kier alpha value is 0.571. The minimum atomic E-state index is -2.01. The Morgan fingerprint density at radius 3 is 1.16 bits per heavy atom. The molecule has 19 heavy (non-hydrogen) atoms. The molecular weight excluding hydrogens is 284 g/mol. The first-order valence-corrected chi connectivity index (χ1v) is 16.6. The largest absolute Gasteiger partial charge is 0.436 e. The first-order valence-electron chi connectivity index (χ1n) is 7.78. The summed E-state index contributed by atoms with van der Waals surface area (Å²) < 4.78 is 13.2. The van der Waals surface area contributed by atoms with Gasteiger partial charge in [-0.05, 0) is 50.4 Å². The highest BCUT2D eigenvalue weighted by Gasteiger charge is 2.42. The third kappa shape index (κ3) is 6.25. The molecule has 116 valence electrons. The normalized spacial score (nSPS) is 17.4. The quantitative estimate of drug-likeness (QED) is 0.531. The first-order chi connectivity index (χ1) is 8.38. The van der Waals surface area contributed by atoms with Crippen molar-refractivity contribution in [2.45, 2.75) is 90.9 Å². The van der Waals surface area contributed by atoms with Crippen LogP contribution in [0.4, 0.5) is 0 Å². The molecule has 0 aromatic heterocycles. The molecule has 0 radical (unpaired) electrons. The first kappa shape index (κ1) is 19.6. The molecule has 5 heteroatoms. The van der Waals surface area contributed by atoms with Crippen molar-refractivity contribution in [3.8, 4) is 0 Å². The second-order valence-electron chi connectivity index (χ2n) is 7.43. The number of hydrogen-bond donors (Lipinski definition) is 0. The van der Waals surface area contributed by atoms with Crippen molar-refractivity contribution in [1.82, 2.24) is 0 Å². The number of hydrogen-bond acceptors (Lipinski definition) is 2. The fraction of sp³-hybridized carbons (Fsp3) is 1.00. The average Bonchev–Trinajstić information content (AvgIpc) is 2.23. The zero-order chi connectivity index (χ0) is 15.5. The van der Waals surface area contributed by atoms with Gasteiger partial charge in [-0.25, -0.2) is 0 Å². The van der Waals surface area contributed by atoms with E-state index in [1.807, 2.05) is 0 Å². The highest BCUT2D eigenvalue weighted by molar-refractivity contribution is 6.88. The molecule has 0 spiro atoms. The van der Waals surface area contributed by atoms with Gasteiger partial charge in [0.05, 0.1) is 0 Å². The molecule has 2 unspecified atom stereocenters. The molecule has 0 bridgehead atoms. The summed E-state index contributed by atoms with van der Waals surface area (Å²) in [4.78, 5) is 0. The maximum atomic E-state index is 6.60. The summed E-state index contributed by atoms with van der Waals surface area (Å²) >= 11 is 0. The molecule has 0 aliphatic rings. The lowest BCUT2D eigenvalue weighted by molar-refractivity contribution is 0.375. The van der Waals surface area contributed by atoms with E-state index in [1.54, 1.807) is 0 Å². The molecule has 0 amide bonds. The van der Waals surface area contributed by atoms with E-state index < -0.39 is 25.2 Å². The van der Waals surface area contributed by atoms with Crippen molar-refractivity contribution >= 4 is 25.2 Å². The second-order valence-corrected chi connectivity index (χ2v) is 20.2. The van der Waals surface area contributed by atoms with Crippen LogP contribution in [0, 0.1) is 0 Å². The van der Waals surface area contributed by atoms with Gasteiger partial charge >= 0.3 is 8.56 Å². The van der Waals surface area contributed by atoms with Gasteiger partial charge in [-0.3, -0.25) is 0 Å². The molecule has 0 fully saturated rings. The monoisotopic (exact) mass is 320 g/mol. The molecule has 0 aromatic rings. The fourth-order valence-electron chi connectivity index (χ4n) is 2.47. The Labute approximate surface area is 124 Å². The Morgan fingerprint density at radius 1 is 0.684 bits per heavy atom. The molecule has 0 saturated heterocycles. The van der Waals surface area contributed by atoms with Gasteiger partial charge in [-0.2, -0.15) is 0 Å². The van der Waals surface area contributed by atoms with E-state index >= 15 is 0 Å². The van der Waals surface area contributed by atoms with Crippen LogP contribution in [0.3, 0.4) is 0 Å². The Kier molecular flexibility index (Phi) is 7.23. The molecule has 0 aromatic carbocycles. The highest BCUT2D eigenvalue weighted by atomic mass is 28.5. The van der Waals surface area contributed by atoms with Crippen molar-refractivity contribution in [1.29, 1.82) is 0 Å². The minimum absolute atomic E-state index is 0.691. The standard InChI is InChI=1S/C14H36O2Si3/c1-11-13(3)17(5,6)15-19(9,10)16-18(7,8)14(4)12-2/h13-14H,11-12H2,1-10H3. The van der Waals surface area contributed by atoms with Gasteiger partial charge in [0.1, 0.15) is 0 Å². The third-order valence-corrected chi connectivity index (χ3v) is 18.3. The predicted octanol–water partition coefficient (Wildman–Crippen LogP) is 5.73. The predicted molar refractivity (Wildman–Crippen MR) is 94.0 cm³/mol. The smallest absolute Gasteiger partial charge is 0.311 e. The molecule has 0 N–H and O–H groups in total. The van der Waals surface area contributed by atoms with E-state index in [1.165, 1.54) is 12.8 Å². The molecule has 0 heterocycles. The molecule has 0 aliphatic heterocycles. The topological polar surface area (TPSA) is 18.5 Å². The van der Waals surface area contributed by atoms with Gasteiger partial charge in [0, 0.05) is 0 Å². The lowest BCUT2D eigenvalue weighted by atomic mass is 10.4. The molecule has 2 nitrogen and oxygen atoms in total. The molecular formula is C14H36O2Si3. The third-order valence-electron chi connectivity index (χ3n) is 4.62. The zero-order valence-corrected chi connectivity index (χ0v) is 17.9. The van der Waals surface area contributed by atoms with E-state index in [-0.39, 0.29) is 0 Å². The van der Waals surface area contributed by atoms with Crippen LogP contribution in [0.5, 0.6) is 0 Å². The summed E-state index contributed by atoms with van der Waals surface area (Å²) in [6.45, 7) is 23.0. The maximum Gasteiger partial charge on any atom is 0.311 e. The highest BCUT2D eigenvalue weighted by Crippen LogP contribution is 2.33. The molecule has 0 aliphatic carbocycles. The van der Waals surface area contributed by atoms with Crippen LogP contribution in [0.1, 0.15) is 40.5 Å². The van der Waals surface area contributed by atoms with Crippen LogP contribution in [-0.2, 0) is 8.23 Å². The lowest BCUT2D eigenvalue weighted by Gasteiger charge is -2.42. The van der Waals surface area contributed by atoms with Crippen molar-refractivity contribution in [2.24, 2.45) is 0 Å². The van der Waals surface area contributed by atoms with E-state index in [0.29, 0.717) is 11.1 Å². The Morgan fingerprint density at radius 2 is 0.947 bits per heavy atom. The Balaban J connectivity index is 4.81. The maximum absolute atomic E-state index is 6.60. The molecule has 2 atom stereocenters. The van der Waals surface area contributed by atoms with E-state index in [4.69, 9.17) is 8.23 Å². The van der Waals surface area contributed by atoms with Gasteiger partial charge in [-0.15, -0.1) is 0 Å². The lowest BCUT2D eigenvalue weighted by Crippen LogP contribution is -2.54. The summed E-state index contributed by atoms with van der Waals surface area (Å²) in [7, 11) is -5.26. The second kappa shape index (κ2) is 7.02. The van der Waals surface area contributed by atoms with Gasteiger partial charge in [0.2, 0.25) is 0 Å². The molecule has 0 rings (SSSR count). The summed E-state index contributed by atoms with van der Waals surface area (Å²) in [5.41, 5.74) is 1.38.